The number of nitro benzene ring substituents is 1. The molecule has 0 aliphatic rings. The lowest BCUT2D eigenvalue weighted by Gasteiger charge is -2.01. The number of nitrogens with zero attached hydrogens (tertiary/aromatic N) is 3. The molecule has 2 aromatic rings. The van der Waals surface area contributed by atoms with E-state index in [1.807, 2.05) is 6.07 Å². The number of hydrogen-bond donors (Lipinski definition) is 1. The molecule has 0 atom stereocenters. The Morgan fingerprint density at radius 3 is 2.86 bits per heavy atom. The summed E-state index contributed by atoms with van der Waals surface area (Å²) in [6.45, 7) is 5.68. The summed E-state index contributed by atoms with van der Waals surface area (Å²) < 4.78 is 0. The van der Waals surface area contributed by atoms with E-state index in [0.717, 1.165) is 30.9 Å². The van der Waals surface area contributed by atoms with Gasteiger partial charge in [-0.1, -0.05) is 30.4 Å². The minimum Gasteiger partial charge on any atom is -0.316 e. The number of aromatic nitrogens is 2. The molecule has 0 unspecified atom stereocenters. The number of rotatable bonds is 7. The van der Waals surface area contributed by atoms with Crippen LogP contribution in [-0.2, 0) is 6.42 Å². The second kappa shape index (κ2) is 7.24. The minimum absolute atomic E-state index is 0.115. The number of hydrogen-bond acceptors (Lipinski definition) is 6. The largest absolute Gasteiger partial charge is 0.316 e. The molecule has 1 aromatic carbocycles. The molecule has 0 radical (unpaired) electrons. The van der Waals surface area contributed by atoms with Crippen molar-refractivity contribution >= 4 is 17.0 Å². The molecule has 6 nitrogen and oxygen atoms in total. The Hall–Kier alpha value is -1.86. The highest BCUT2D eigenvalue weighted by Crippen LogP contribution is 2.34. The molecule has 0 spiro atoms. The Morgan fingerprint density at radius 2 is 2.14 bits per heavy atom. The second-order valence-electron chi connectivity index (χ2n) is 4.73. The maximum absolute atomic E-state index is 11.2. The van der Waals surface area contributed by atoms with E-state index < -0.39 is 0 Å². The van der Waals surface area contributed by atoms with Crippen molar-refractivity contribution in [3.63, 3.8) is 0 Å². The fourth-order valence-corrected chi connectivity index (χ4v) is 2.90. The van der Waals surface area contributed by atoms with Crippen LogP contribution in [0.15, 0.2) is 18.2 Å². The number of para-hydroxylation sites is 1. The summed E-state index contributed by atoms with van der Waals surface area (Å²) in [6.07, 6.45) is 1.88. The zero-order valence-corrected chi connectivity index (χ0v) is 12.9. The molecule has 0 fully saturated rings. The van der Waals surface area contributed by atoms with Gasteiger partial charge in [-0.3, -0.25) is 10.1 Å². The van der Waals surface area contributed by atoms with Crippen molar-refractivity contribution < 1.29 is 4.92 Å². The predicted octanol–water partition coefficient (Wildman–Crippen LogP) is 2.96. The first-order chi connectivity index (χ1) is 10.1. The van der Waals surface area contributed by atoms with Crippen molar-refractivity contribution in [1.29, 1.82) is 0 Å². The van der Waals surface area contributed by atoms with Crippen molar-refractivity contribution in [3.05, 3.63) is 38.9 Å². The topological polar surface area (TPSA) is 81.0 Å². The molecule has 1 aromatic heterocycles. The van der Waals surface area contributed by atoms with Crippen LogP contribution in [0, 0.1) is 17.0 Å². The van der Waals surface area contributed by atoms with Crippen LogP contribution in [0.3, 0.4) is 0 Å². The quantitative estimate of drug-likeness (QED) is 0.483. The predicted molar refractivity (Wildman–Crippen MR) is 83.6 cm³/mol. The van der Waals surface area contributed by atoms with Crippen molar-refractivity contribution in [1.82, 2.24) is 15.5 Å². The van der Waals surface area contributed by atoms with Gasteiger partial charge in [-0.25, -0.2) is 0 Å². The molecule has 0 amide bonds. The molecule has 7 heteroatoms. The highest BCUT2D eigenvalue weighted by atomic mass is 32.1. The van der Waals surface area contributed by atoms with Gasteiger partial charge >= 0.3 is 0 Å². The molecule has 21 heavy (non-hydrogen) atoms. The smallest absolute Gasteiger partial charge is 0.282 e. The van der Waals surface area contributed by atoms with Gasteiger partial charge < -0.3 is 5.32 Å². The van der Waals surface area contributed by atoms with Crippen molar-refractivity contribution in [3.8, 4) is 10.6 Å². The molecular weight excluding hydrogens is 288 g/mol. The average Bonchev–Trinajstić information content (AvgIpc) is 2.91. The first kappa shape index (κ1) is 15.5. The monoisotopic (exact) mass is 306 g/mol. The molecule has 2 rings (SSSR count). The lowest BCUT2D eigenvalue weighted by atomic mass is 10.1. The fraction of sp³-hybridized carbons (Fsp3) is 0.429. The summed E-state index contributed by atoms with van der Waals surface area (Å²) in [7, 11) is 0. The van der Waals surface area contributed by atoms with Gasteiger partial charge in [0.25, 0.3) is 5.69 Å². The lowest BCUT2D eigenvalue weighted by Crippen LogP contribution is -2.17. The summed E-state index contributed by atoms with van der Waals surface area (Å²) in [5, 5.41) is 24.3. The first-order valence-electron chi connectivity index (χ1n) is 6.91. The van der Waals surface area contributed by atoms with Crippen LogP contribution in [0.1, 0.15) is 23.9 Å². The number of aryl methyl sites for hydroxylation is 1. The molecule has 1 N–H and O–H groups in total. The zero-order valence-electron chi connectivity index (χ0n) is 12.1. The Labute approximate surface area is 127 Å². The van der Waals surface area contributed by atoms with Gasteiger partial charge in [0, 0.05) is 18.5 Å². The van der Waals surface area contributed by atoms with Crippen LogP contribution in [-0.4, -0.2) is 28.2 Å². The maximum atomic E-state index is 11.2. The van der Waals surface area contributed by atoms with E-state index in [2.05, 4.69) is 22.4 Å². The molecule has 0 aliphatic carbocycles. The normalized spacial score (nSPS) is 10.8. The fourth-order valence-electron chi connectivity index (χ4n) is 2.03. The SMILES string of the molecule is CCCNCCc1nnc(-c2cccc(C)c2[N+](=O)[O-])s1. The van der Waals surface area contributed by atoms with E-state index in [1.165, 1.54) is 11.3 Å². The summed E-state index contributed by atoms with van der Waals surface area (Å²) in [6, 6.07) is 5.27. The Morgan fingerprint density at radius 1 is 1.33 bits per heavy atom. The van der Waals surface area contributed by atoms with E-state index in [-0.39, 0.29) is 10.6 Å². The highest BCUT2D eigenvalue weighted by Gasteiger charge is 2.21. The van der Waals surface area contributed by atoms with Crippen LogP contribution in [0.2, 0.25) is 0 Å². The van der Waals surface area contributed by atoms with Crippen LogP contribution in [0.4, 0.5) is 5.69 Å². The molecule has 0 aliphatic heterocycles. The van der Waals surface area contributed by atoms with Gasteiger partial charge in [0.1, 0.15) is 5.01 Å². The molecule has 1 heterocycles. The van der Waals surface area contributed by atoms with Gasteiger partial charge in [0.05, 0.1) is 10.5 Å². The van der Waals surface area contributed by atoms with Gasteiger partial charge in [-0.15, -0.1) is 10.2 Å². The minimum atomic E-state index is -0.353. The first-order valence-corrected chi connectivity index (χ1v) is 7.72. The van der Waals surface area contributed by atoms with Gasteiger partial charge in [0.2, 0.25) is 0 Å². The highest BCUT2D eigenvalue weighted by molar-refractivity contribution is 7.14. The summed E-state index contributed by atoms with van der Waals surface area (Å²) >= 11 is 1.42. The molecule has 112 valence electrons. The molecular formula is C14H18N4O2S. The molecule has 0 saturated heterocycles. The Balaban J connectivity index is 2.18. The number of nitro groups is 1. The Bertz CT molecular complexity index is 627. The van der Waals surface area contributed by atoms with Crippen molar-refractivity contribution in [2.24, 2.45) is 0 Å². The third-order valence-corrected chi connectivity index (χ3v) is 4.08. The lowest BCUT2D eigenvalue weighted by molar-refractivity contribution is -0.384. The average molecular weight is 306 g/mol. The molecule has 0 saturated carbocycles. The van der Waals surface area contributed by atoms with E-state index >= 15 is 0 Å². The third-order valence-electron chi connectivity index (χ3n) is 3.06. The summed E-state index contributed by atoms with van der Waals surface area (Å²) in [5.41, 5.74) is 1.30. The maximum Gasteiger partial charge on any atom is 0.282 e. The van der Waals surface area contributed by atoms with Crippen LogP contribution in [0.5, 0.6) is 0 Å². The van der Waals surface area contributed by atoms with Crippen molar-refractivity contribution in [2.45, 2.75) is 26.7 Å². The van der Waals surface area contributed by atoms with E-state index in [4.69, 9.17) is 0 Å². The van der Waals surface area contributed by atoms with Crippen LogP contribution >= 0.6 is 11.3 Å². The standard InChI is InChI=1S/C14H18N4O2S/c1-3-8-15-9-7-12-16-17-14(21-12)11-6-4-5-10(2)13(11)18(19)20/h4-6,15H,3,7-9H2,1-2H3. The van der Waals surface area contributed by atoms with E-state index in [9.17, 15) is 10.1 Å². The third kappa shape index (κ3) is 3.83. The van der Waals surface area contributed by atoms with Gasteiger partial charge in [-0.2, -0.15) is 0 Å². The van der Waals surface area contributed by atoms with Crippen LogP contribution < -0.4 is 5.32 Å². The number of nitrogens with one attached hydrogen (secondary N) is 1. The van der Waals surface area contributed by atoms with Gasteiger partial charge in [0.15, 0.2) is 5.01 Å². The van der Waals surface area contributed by atoms with E-state index in [1.54, 1.807) is 19.1 Å². The van der Waals surface area contributed by atoms with E-state index in [0.29, 0.717) is 16.1 Å². The van der Waals surface area contributed by atoms with Crippen LogP contribution in [0.25, 0.3) is 10.6 Å². The molecule has 0 bridgehead atoms. The number of benzene rings is 1. The summed E-state index contributed by atoms with van der Waals surface area (Å²) in [4.78, 5) is 10.9. The Kier molecular flexibility index (Phi) is 5.35. The van der Waals surface area contributed by atoms with Crippen molar-refractivity contribution in [2.75, 3.05) is 13.1 Å². The zero-order chi connectivity index (χ0) is 15.2. The van der Waals surface area contributed by atoms with Gasteiger partial charge in [-0.05, 0) is 26.0 Å². The summed E-state index contributed by atoms with van der Waals surface area (Å²) in [5.74, 6) is 0. The second-order valence-corrected chi connectivity index (χ2v) is 5.79.